The Labute approximate surface area is 156 Å². The van der Waals surface area contributed by atoms with Gasteiger partial charge in [0.05, 0.1) is 12.7 Å². The third-order valence-electron chi connectivity index (χ3n) is 4.41. The molecule has 0 saturated carbocycles. The SMILES string of the molecule is CCCN(CCC)CC(CN(CCC)CCC)OCc1ccccc1. The first-order valence-electron chi connectivity index (χ1n) is 10.3. The number of hydrogen-bond donors (Lipinski definition) is 0. The molecule has 1 rings (SSSR count). The number of ether oxygens (including phenoxy) is 1. The summed E-state index contributed by atoms with van der Waals surface area (Å²) in [5.41, 5.74) is 1.27. The Morgan fingerprint density at radius 1 is 0.720 bits per heavy atom. The lowest BCUT2D eigenvalue weighted by atomic mass is 10.2. The second-order valence-electron chi connectivity index (χ2n) is 7.02. The monoisotopic (exact) mass is 348 g/mol. The van der Waals surface area contributed by atoms with Gasteiger partial charge >= 0.3 is 0 Å². The molecule has 1 aromatic rings. The van der Waals surface area contributed by atoms with E-state index in [1.54, 1.807) is 0 Å². The quantitative estimate of drug-likeness (QED) is 0.452. The van der Waals surface area contributed by atoms with E-state index in [9.17, 15) is 0 Å². The summed E-state index contributed by atoms with van der Waals surface area (Å²) in [4.78, 5) is 5.15. The molecule has 0 unspecified atom stereocenters. The fourth-order valence-electron chi connectivity index (χ4n) is 3.38. The van der Waals surface area contributed by atoms with Crippen LogP contribution < -0.4 is 0 Å². The molecule has 0 amide bonds. The summed E-state index contributed by atoms with van der Waals surface area (Å²) in [6, 6.07) is 10.6. The van der Waals surface area contributed by atoms with E-state index in [-0.39, 0.29) is 6.10 Å². The lowest BCUT2D eigenvalue weighted by Gasteiger charge is -2.31. The minimum absolute atomic E-state index is 0.274. The van der Waals surface area contributed by atoms with Gasteiger partial charge in [0.25, 0.3) is 0 Å². The van der Waals surface area contributed by atoms with Crippen molar-refractivity contribution in [2.45, 2.75) is 66.1 Å². The molecule has 0 aliphatic heterocycles. The number of nitrogens with zero attached hydrogens (tertiary/aromatic N) is 2. The van der Waals surface area contributed by atoms with Gasteiger partial charge in [-0.15, -0.1) is 0 Å². The number of rotatable bonds is 15. The number of benzene rings is 1. The zero-order chi connectivity index (χ0) is 18.3. The van der Waals surface area contributed by atoms with Crippen LogP contribution in [0.25, 0.3) is 0 Å². The molecule has 0 aliphatic rings. The van der Waals surface area contributed by atoms with Crippen molar-refractivity contribution in [2.75, 3.05) is 39.3 Å². The van der Waals surface area contributed by atoms with Gasteiger partial charge in [-0.05, 0) is 57.4 Å². The Morgan fingerprint density at radius 3 is 1.56 bits per heavy atom. The van der Waals surface area contributed by atoms with Crippen molar-refractivity contribution in [1.82, 2.24) is 9.80 Å². The van der Waals surface area contributed by atoms with Crippen molar-refractivity contribution >= 4 is 0 Å². The van der Waals surface area contributed by atoms with Crippen molar-refractivity contribution in [2.24, 2.45) is 0 Å². The van der Waals surface area contributed by atoms with E-state index in [2.05, 4.69) is 67.8 Å². The maximum Gasteiger partial charge on any atom is 0.0833 e. The van der Waals surface area contributed by atoms with E-state index in [0.717, 1.165) is 13.1 Å². The first-order valence-corrected chi connectivity index (χ1v) is 10.3. The van der Waals surface area contributed by atoms with E-state index in [4.69, 9.17) is 4.74 Å². The lowest BCUT2D eigenvalue weighted by molar-refractivity contribution is -0.00625. The average Bonchev–Trinajstić information content (AvgIpc) is 2.61. The molecule has 3 heteroatoms. The molecule has 0 heterocycles. The zero-order valence-electron chi connectivity index (χ0n) is 17.0. The molecule has 3 nitrogen and oxygen atoms in total. The predicted octanol–water partition coefficient (Wildman–Crippen LogP) is 4.82. The minimum Gasteiger partial charge on any atom is -0.371 e. The van der Waals surface area contributed by atoms with Crippen molar-refractivity contribution < 1.29 is 4.74 Å². The zero-order valence-corrected chi connectivity index (χ0v) is 17.0. The van der Waals surface area contributed by atoms with Gasteiger partial charge in [-0.2, -0.15) is 0 Å². The van der Waals surface area contributed by atoms with Crippen LogP contribution >= 0.6 is 0 Å². The van der Waals surface area contributed by atoms with Gasteiger partial charge in [0.2, 0.25) is 0 Å². The van der Waals surface area contributed by atoms with Crippen LogP contribution in [0.3, 0.4) is 0 Å². The van der Waals surface area contributed by atoms with Crippen LogP contribution in [0.1, 0.15) is 58.9 Å². The fraction of sp³-hybridized carbons (Fsp3) is 0.727. The molecular formula is C22H40N2O. The molecule has 144 valence electrons. The van der Waals surface area contributed by atoms with Gasteiger partial charge in [0, 0.05) is 13.1 Å². The maximum atomic E-state index is 6.39. The lowest BCUT2D eigenvalue weighted by Crippen LogP contribution is -2.42. The molecular weight excluding hydrogens is 308 g/mol. The first kappa shape index (κ1) is 22.1. The Kier molecular flexibility index (Phi) is 12.7. The molecule has 1 aromatic carbocycles. The van der Waals surface area contributed by atoms with Gasteiger partial charge in [0.15, 0.2) is 0 Å². The highest BCUT2D eigenvalue weighted by atomic mass is 16.5. The van der Waals surface area contributed by atoms with Crippen LogP contribution in [-0.4, -0.2) is 55.2 Å². The Balaban J connectivity index is 2.68. The average molecular weight is 349 g/mol. The van der Waals surface area contributed by atoms with Crippen LogP contribution in [0.15, 0.2) is 30.3 Å². The van der Waals surface area contributed by atoms with E-state index >= 15 is 0 Å². The van der Waals surface area contributed by atoms with Gasteiger partial charge in [-0.25, -0.2) is 0 Å². The minimum atomic E-state index is 0.274. The highest BCUT2D eigenvalue weighted by Crippen LogP contribution is 2.09. The second-order valence-corrected chi connectivity index (χ2v) is 7.02. The Morgan fingerprint density at radius 2 is 1.16 bits per heavy atom. The molecule has 0 N–H and O–H groups in total. The summed E-state index contributed by atoms with van der Waals surface area (Å²) < 4.78 is 6.39. The summed E-state index contributed by atoms with van der Waals surface area (Å²) in [5, 5.41) is 0. The predicted molar refractivity (Wildman–Crippen MR) is 109 cm³/mol. The van der Waals surface area contributed by atoms with E-state index in [1.165, 1.54) is 57.4 Å². The number of hydrogen-bond acceptors (Lipinski definition) is 3. The maximum absolute atomic E-state index is 6.39. The first-order chi connectivity index (χ1) is 12.2. The molecule has 0 fully saturated rings. The highest BCUT2D eigenvalue weighted by molar-refractivity contribution is 5.13. The molecule has 0 aliphatic carbocycles. The molecule has 25 heavy (non-hydrogen) atoms. The largest absolute Gasteiger partial charge is 0.371 e. The molecule has 0 atom stereocenters. The molecule has 0 radical (unpaired) electrons. The third-order valence-corrected chi connectivity index (χ3v) is 4.41. The molecule has 0 spiro atoms. The summed E-state index contributed by atoms with van der Waals surface area (Å²) in [5.74, 6) is 0. The normalized spacial score (nSPS) is 11.8. The fourth-order valence-corrected chi connectivity index (χ4v) is 3.38. The Hall–Kier alpha value is -0.900. The van der Waals surface area contributed by atoms with Crippen LogP contribution in [0.4, 0.5) is 0 Å². The van der Waals surface area contributed by atoms with Crippen LogP contribution in [0.2, 0.25) is 0 Å². The van der Waals surface area contributed by atoms with E-state index in [1.807, 2.05) is 0 Å². The van der Waals surface area contributed by atoms with Crippen molar-refractivity contribution in [3.8, 4) is 0 Å². The third kappa shape index (κ3) is 9.98. The van der Waals surface area contributed by atoms with Gasteiger partial charge in [-0.3, -0.25) is 0 Å². The summed E-state index contributed by atoms with van der Waals surface area (Å²) in [6.07, 6.45) is 5.10. The summed E-state index contributed by atoms with van der Waals surface area (Å²) in [6.45, 7) is 16.5. The standard InChI is InChI=1S/C22H40N2O/c1-5-14-23(15-6-2)18-22(19-24(16-7-3)17-8-4)25-20-21-12-10-9-11-13-21/h9-13,22H,5-8,14-20H2,1-4H3. The van der Waals surface area contributed by atoms with Crippen LogP contribution in [0.5, 0.6) is 0 Å². The van der Waals surface area contributed by atoms with E-state index < -0.39 is 0 Å². The highest BCUT2D eigenvalue weighted by Gasteiger charge is 2.17. The van der Waals surface area contributed by atoms with Crippen LogP contribution in [0, 0.1) is 0 Å². The van der Waals surface area contributed by atoms with Crippen molar-refractivity contribution in [1.29, 1.82) is 0 Å². The van der Waals surface area contributed by atoms with Gasteiger partial charge in [0.1, 0.15) is 0 Å². The molecule has 0 bridgehead atoms. The van der Waals surface area contributed by atoms with Crippen molar-refractivity contribution in [3.63, 3.8) is 0 Å². The Bertz CT molecular complexity index is 380. The second kappa shape index (κ2) is 14.3. The molecule has 0 aromatic heterocycles. The van der Waals surface area contributed by atoms with E-state index in [0.29, 0.717) is 6.61 Å². The topological polar surface area (TPSA) is 15.7 Å². The smallest absolute Gasteiger partial charge is 0.0833 e. The summed E-state index contributed by atoms with van der Waals surface area (Å²) in [7, 11) is 0. The van der Waals surface area contributed by atoms with Crippen molar-refractivity contribution in [3.05, 3.63) is 35.9 Å². The molecule has 0 saturated heterocycles. The summed E-state index contributed by atoms with van der Waals surface area (Å²) >= 11 is 0. The van der Waals surface area contributed by atoms with Gasteiger partial charge < -0.3 is 14.5 Å². The van der Waals surface area contributed by atoms with Gasteiger partial charge in [-0.1, -0.05) is 58.0 Å². The van der Waals surface area contributed by atoms with Crippen LogP contribution in [-0.2, 0) is 11.3 Å².